The molecule has 0 saturated heterocycles. The van der Waals surface area contributed by atoms with Crippen LogP contribution in [0.15, 0.2) is 24.3 Å². The summed E-state index contributed by atoms with van der Waals surface area (Å²) in [7, 11) is 2.16. The fourth-order valence-corrected chi connectivity index (χ4v) is 2.01. The van der Waals surface area contributed by atoms with E-state index in [0.717, 1.165) is 13.1 Å². The zero-order valence-electron chi connectivity index (χ0n) is 11.7. The predicted octanol–water partition coefficient (Wildman–Crippen LogP) is 3.20. The average molecular weight is 234 g/mol. The molecule has 0 spiro atoms. The Bertz CT molecular complexity index is 345. The van der Waals surface area contributed by atoms with Gasteiger partial charge in [0, 0.05) is 19.3 Å². The van der Waals surface area contributed by atoms with Crippen LogP contribution in [0.3, 0.4) is 0 Å². The summed E-state index contributed by atoms with van der Waals surface area (Å²) < 4.78 is 0. The molecule has 0 aromatic heterocycles. The molecule has 0 atom stereocenters. The number of para-hydroxylation sites is 1. The Morgan fingerprint density at radius 3 is 2.47 bits per heavy atom. The number of anilines is 1. The van der Waals surface area contributed by atoms with Gasteiger partial charge < -0.3 is 10.6 Å². The summed E-state index contributed by atoms with van der Waals surface area (Å²) >= 11 is 0. The molecule has 0 radical (unpaired) electrons. The third kappa shape index (κ3) is 4.39. The lowest BCUT2D eigenvalue weighted by atomic mass is 9.88. The molecule has 0 amide bonds. The summed E-state index contributed by atoms with van der Waals surface area (Å²) in [5.74, 6) is 0. The van der Waals surface area contributed by atoms with E-state index < -0.39 is 0 Å². The lowest BCUT2D eigenvalue weighted by Gasteiger charge is -2.26. The van der Waals surface area contributed by atoms with Crippen molar-refractivity contribution in [2.45, 2.75) is 33.6 Å². The number of aryl methyl sites for hydroxylation is 1. The normalized spacial score (nSPS) is 11.6. The van der Waals surface area contributed by atoms with Crippen LogP contribution in [0.4, 0.5) is 5.69 Å². The number of nitrogens with zero attached hydrogens (tertiary/aromatic N) is 1. The fraction of sp³-hybridized carbons (Fsp3) is 0.600. The average Bonchev–Trinajstić information content (AvgIpc) is 2.29. The van der Waals surface area contributed by atoms with Gasteiger partial charge in [-0.1, -0.05) is 32.0 Å². The maximum atomic E-state index is 5.74. The highest BCUT2D eigenvalue weighted by atomic mass is 15.1. The molecular weight excluding hydrogens is 208 g/mol. The molecule has 17 heavy (non-hydrogen) atoms. The molecule has 0 saturated carbocycles. The SMILES string of the molecule is Cc1ccccc1N(C)CCCC(C)(C)CN. The summed E-state index contributed by atoms with van der Waals surface area (Å²) in [6.45, 7) is 8.49. The van der Waals surface area contributed by atoms with E-state index in [-0.39, 0.29) is 5.41 Å². The Balaban J connectivity index is 2.46. The Morgan fingerprint density at radius 2 is 1.88 bits per heavy atom. The molecule has 96 valence electrons. The third-order valence-electron chi connectivity index (χ3n) is 3.43. The molecule has 0 unspecified atom stereocenters. The molecule has 0 heterocycles. The Morgan fingerprint density at radius 1 is 1.24 bits per heavy atom. The topological polar surface area (TPSA) is 29.3 Å². The van der Waals surface area contributed by atoms with Crippen molar-refractivity contribution in [1.29, 1.82) is 0 Å². The van der Waals surface area contributed by atoms with Crippen molar-refractivity contribution in [3.8, 4) is 0 Å². The van der Waals surface area contributed by atoms with Gasteiger partial charge in [0.15, 0.2) is 0 Å². The van der Waals surface area contributed by atoms with Crippen LogP contribution in [-0.2, 0) is 0 Å². The van der Waals surface area contributed by atoms with Crippen molar-refractivity contribution < 1.29 is 0 Å². The lowest BCUT2D eigenvalue weighted by Crippen LogP contribution is -2.26. The summed E-state index contributed by atoms with van der Waals surface area (Å²) in [5.41, 5.74) is 8.69. The minimum Gasteiger partial charge on any atom is -0.374 e. The molecule has 1 aromatic carbocycles. The van der Waals surface area contributed by atoms with Crippen LogP contribution in [0, 0.1) is 12.3 Å². The van der Waals surface area contributed by atoms with Gasteiger partial charge in [-0.05, 0) is 43.4 Å². The summed E-state index contributed by atoms with van der Waals surface area (Å²) in [6, 6.07) is 8.53. The highest BCUT2D eigenvalue weighted by molar-refractivity contribution is 5.52. The van der Waals surface area contributed by atoms with Crippen molar-refractivity contribution in [1.82, 2.24) is 0 Å². The van der Waals surface area contributed by atoms with Gasteiger partial charge in [0.05, 0.1) is 0 Å². The van der Waals surface area contributed by atoms with E-state index in [9.17, 15) is 0 Å². The van der Waals surface area contributed by atoms with Crippen LogP contribution in [0.25, 0.3) is 0 Å². The largest absolute Gasteiger partial charge is 0.374 e. The third-order valence-corrected chi connectivity index (χ3v) is 3.43. The zero-order valence-corrected chi connectivity index (χ0v) is 11.7. The molecule has 2 heteroatoms. The Labute approximate surface area is 106 Å². The summed E-state index contributed by atoms with van der Waals surface area (Å²) in [6.07, 6.45) is 2.37. The van der Waals surface area contributed by atoms with Crippen LogP contribution in [0.1, 0.15) is 32.3 Å². The molecular formula is C15H26N2. The maximum Gasteiger partial charge on any atom is 0.0393 e. The highest BCUT2D eigenvalue weighted by Crippen LogP contribution is 2.22. The molecule has 0 aliphatic carbocycles. The quantitative estimate of drug-likeness (QED) is 0.819. The molecule has 0 fully saturated rings. The zero-order chi connectivity index (χ0) is 12.9. The number of benzene rings is 1. The first-order valence-corrected chi connectivity index (χ1v) is 6.43. The minimum atomic E-state index is 0.270. The van der Waals surface area contributed by atoms with E-state index >= 15 is 0 Å². The second-order valence-electron chi connectivity index (χ2n) is 5.68. The first kappa shape index (κ1) is 14.0. The van der Waals surface area contributed by atoms with Crippen molar-refractivity contribution in [3.63, 3.8) is 0 Å². The van der Waals surface area contributed by atoms with Gasteiger partial charge in [0.25, 0.3) is 0 Å². The minimum absolute atomic E-state index is 0.270. The van der Waals surface area contributed by atoms with E-state index in [1.807, 2.05) is 0 Å². The summed E-state index contributed by atoms with van der Waals surface area (Å²) in [4.78, 5) is 2.34. The standard InChI is InChI=1S/C15H26N2/c1-13-8-5-6-9-14(13)17(4)11-7-10-15(2,3)12-16/h5-6,8-9H,7,10-12,16H2,1-4H3. The van der Waals surface area contributed by atoms with E-state index in [4.69, 9.17) is 5.73 Å². The first-order chi connectivity index (χ1) is 7.96. The van der Waals surface area contributed by atoms with Gasteiger partial charge in [0.2, 0.25) is 0 Å². The molecule has 0 bridgehead atoms. The second kappa shape index (κ2) is 6.06. The molecule has 0 aliphatic heterocycles. The van der Waals surface area contributed by atoms with Gasteiger partial charge >= 0.3 is 0 Å². The van der Waals surface area contributed by atoms with E-state index in [1.165, 1.54) is 24.1 Å². The van der Waals surface area contributed by atoms with Crippen molar-refractivity contribution in [2.75, 3.05) is 25.0 Å². The molecule has 2 nitrogen and oxygen atoms in total. The Kier molecular flexibility index (Phi) is 5.01. The van der Waals surface area contributed by atoms with Crippen LogP contribution in [0.5, 0.6) is 0 Å². The monoisotopic (exact) mass is 234 g/mol. The van der Waals surface area contributed by atoms with Crippen molar-refractivity contribution in [2.24, 2.45) is 11.1 Å². The summed E-state index contributed by atoms with van der Waals surface area (Å²) in [5, 5.41) is 0. The van der Waals surface area contributed by atoms with Crippen LogP contribution >= 0.6 is 0 Å². The first-order valence-electron chi connectivity index (χ1n) is 6.43. The molecule has 1 aromatic rings. The number of hydrogen-bond acceptors (Lipinski definition) is 2. The smallest absolute Gasteiger partial charge is 0.0393 e. The van der Waals surface area contributed by atoms with Gasteiger partial charge in [-0.15, -0.1) is 0 Å². The van der Waals surface area contributed by atoms with Crippen LogP contribution in [-0.4, -0.2) is 20.1 Å². The predicted molar refractivity (Wildman–Crippen MR) is 76.5 cm³/mol. The van der Waals surface area contributed by atoms with E-state index in [2.05, 4.69) is 57.0 Å². The van der Waals surface area contributed by atoms with Crippen molar-refractivity contribution in [3.05, 3.63) is 29.8 Å². The van der Waals surface area contributed by atoms with Gasteiger partial charge in [-0.25, -0.2) is 0 Å². The van der Waals surface area contributed by atoms with Crippen LogP contribution < -0.4 is 10.6 Å². The molecule has 2 N–H and O–H groups in total. The highest BCUT2D eigenvalue weighted by Gasteiger charge is 2.15. The molecule has 1 rings (SSSR count). The van der Waals surface area contributed by atoms with Crippen LogP contribution in [0.2, 0.25) is 0 Å². The lowest BCUT2D eigenvalue weighted by molar-refractivity contribution is 0.338. The number of nitrogens with two attached hydrogens (primary N) is 1. The van der Waals surface area contributed by atoms with Gasteiger partial charge in [-0.2, -0.15) is 0 Å². The number of hydrogen-bond donors (Lipinski definition) is 1. The Hall–Kier alpha value is -1.02. The fourth-order valence-electron chi connectivity index (χ4n) is 2.01. The van der Waals surface area contributed by atoms with Gasteiger partial charge in [-0.3, -0.25) is 0 Å². The van der Waals surface area contributed by atoms with E-state index in [0.29, 0.717) is 0 Å². The molecule has 0 aliphatic rings. The number of rotatable bonds is 6. The maximum absolute atomic E-state index is 5.74. The van der Waals surface area contributed by atoms with Crippen molar-refractivity contribution >= 4 is 5.69 Å². The van der Waals surface area contributed by atoms with E-state index in [1.54, 1.807) is 0 Å². The van der Waals surface area contributed by atoms with Gasteiger partial charge in [0.1, 0.15) is 0 Å². The second-order valence-corrected chi connectivity index (χ2v) is 5.68.